The van der Waals surface area contributed by atoms with Crippen molar-refractivity contribution in [2.24, 2.45) is 0 Å². The highest BCUT2D eigenvalue weighted by Gasteiger charge is 2.16. The molecule has 0 heterocycles. The molecule has 0 fully saturated rings. The number of amides is 1. The number of thioether (sulfide) groups is 1. The van der Waals surface area contributed by atoms with E-state index in [0.717, 1.165) is 27.6 Å². The van der Waals surface area contributed by atoms with E-state index in [-0.39, 0.29) is 11.6 Å². The van der Waals surface area contributed by atoms with Gasteiger partial charge in [0.1, 0.15) is 11.6 Å². The van der Waals surface area contributed by atoms with Crippen molar-refractivity contribution in [2.75, 3.05) is 5.32 Å². The molecule has 0 unspecified atom stereocenters. The number of hydrogen-bond donors (Lipinski definition) is 1. The molecular formula is C15H12BrF2NOS. The molecule has 21 heavy (non-hydrogen) atoms. The molecule has 0 aliphatic carbocycles. The lowest BCUT2D eigenvalue weighted by molar-refractivity contribution is -0.115. The molecule has 0 aromatic heterocycles. The van der Waals surface area contributed by atoms with Crippen molar-refractivity contribution in [1.82, 2.24) is 0 Å². The van der Waals surface area contributed by atoms with Gasteiger partial charge in [-0.05, 0) is 43.3 Å². The van der Waals surface area contributed by atoms with Gasteiger partial charge in [-0.15, -0.1) is 11.8 Å². The Hall–Kier alpha value is -1.40. The zero-order valence-electron chi connectivity index (χ0n) is 11.1. The normalized spacial score (nSPS) is 12.0. The maximum atomic E-state index is 13.5. The molecule has 0 spiro atoms. The Morgan fingerprint density at radius 3 is 2.52 bits per heavy atom. The highest BCUT2D eigenvalue weighted by molar-refractivity contribution is 9.10. The van der Waals surface area contributed by atoms with Crippen LogP contribution in [0.15, 0.2) is 51.8 Å². The van der Waals surface area contributed by atoms with Gasteiger partial charge in [-0.25, -0.2) is 8.78 Å². The first-order chi connectivity index (χ1) is 9.95. The predicted octanol–water partition coefficient (Wildman–Crippen LogP) is 4.85. The number of rotatable bonds is 4. The molecule has 2 aromatic carbocycles. The van der Waals surface area contributed by atoms with Gasteiger partial charge in [-0.2, -0.15) is 0 Å². The first-order valence-corrected chi connectivity index (χ1v) is 7.81. The summed E-state index contributed by atoms with van der Waals surface area (Å²) in [4.78, 5) is 12.9. The second-order valence-corrected chi connectivity index (χ2v) is 6.66. The van der Waals surface area contributed by atoms with Crippen LogP contribution in [0.2, 0.25) is 0 Å². The first kappa shape index (κ1) is 16.0. The van der Waals surface area contributed by atoms with Crippen LogP contribution < -0.4 is 5.32 Å². The zero-order chi connectivity index (χ0) is 15.4. The third kappa shape index (κ3) is 4.54. The Balaban J connectivity index is 2.02. The molecule has 6 heteroatoms. The van der Waals surface area contributed by atoms with Crippen LogP contribution in [-0.2, 0) is 4.79 Å². The highest BCUT2D eigenvalue weighted by Crippen LogP contribution is 2.26. The summed E-state index contributed by atoms with van der Waals surface area (Å²) in [6.07, 6.45) is 0. The monoisotopic (exact) mass is 371 g/mol. The second kappa shape index (κ2) is 7.04. The van der Waals surface area contributed by atoms with E-state index in [1.165, 1.54) is 11.8 Å². The lowest BCUT2D eigenvalue weighted by atomic mass is 10.3. The van der Waals surface area contributed by atoms with Gasteiger partial charge in [0, 0.05) is 15.4 Å². The van der Waals surface area contributed by atoms with Gasteiger partial charge in [0.2, 0.25) is 5.91 Å². The van der Waals surface area contributed by atoms with E-state index in [1.807, 2.05) is 24.3 Å². The third-order valence-electron chi connectivity index (χ3n) is 2.68. The van der Waals surface area contributed by atoms with E-state index >= 15 is 0 Å². The van der Waals surface area contributed by atoms with Crippen molar-refractivity contribution in [2.45, 2.75) is 17.1 Å². The molecule has 2 nitrogen and oxygen atoms in total. The lowest BCUT2D eigenvalue weighted by Gasteiger charge is -2.12. The molecule has 0 aliphatic rings. The standard InChI is InChI=1S/C15H12BrF2NOS/c1-9(21-12-5-2-10(16)3-6-12)15(20)19-14-8-11(17)4-7-13(14)18/h2-9H,1H3,(H,19,20)/t9-/m1/s1. The van der Waals surface area contributed by atoms with Crippen molar-refractivity contribution in [3.05, 3.63) is 58.6 Å². The fourth-order valence-corrected chi connectivity index (χ4v) is 2.73. The van der Waals surface area contributed by atoms with Crippen molar-refractivity contribution in [3.8, 4) is 0 Å². The first-order valence-electron chi connectivity index (χ1n) is 6.14. The third-order valence-corrected chi connectivity index (χ3v) is 4.32. The van der Waals surface area contributed by atoms with Crippen LogP contribution in [0.4, 0.5) is 14.5 Å². The van der Waals surface area contributed by atoms with Crippen LogP contribution in [0.5, 0.6) is 0 Å². The van der Waals surface area contributed by atoms with E-state index in [0.29, 0.717) is 0 Å². The smallest absolute Gasteiger partial charge is 0.237 e. The fourth-order valence-electron chi connectivity index (χ4n) is 1.60. The van der Waals surface area contributed by atoms with Gasteiger partial charge < -0.3 is 5.32 Å². The summed E-state index contributed by atoms with van der Waals surface area (Å²) < 4.78 is 27.5. The van der Waals surface area contributed by atoms with Gasteiger partial charge in [-0.1, -0.05) is 15.9 Å². The van der Waals surface area contributed by atoms with Crippen molar-refractivity contribution >= 4 is 39.3 Å². The Labute approximate surface area is 134 Å². The van der Waals surface area contributed by atoms with Crippen LogP contribution >= 0.6 is 27.7 Å². The van der Waals surface area contributed by atoms with Gasteiger partial charge >= 0.3 is 0 Å². The van der Waals surface area contributed by atoms with Crippen LogP contribution in [-0.4, -0.2) is 11.2 Å². The van der Waals surface area contributed by atoms with E-state index < -0.39 is 16.9 Å². The minimum atomic E-state index is -0.661. The maximum Gasteiger partial charge on any atom is 0.237 e. The Bertz CT molecular complexity index is 649. The largest absolute Gasteiger partial charge is 0.323 e. The summed E-state index contributed by atoms with van der Waals surface area (Å²) in [5, 5.41) is 1.96. The topological polar surface area (TPSA) is 29.1 Å². The van der Waals surface area contributed by atoms with Crippen LogP contribution in [0.25, 0.3) is 0 Å². The molecule has 1 N–H and O–H groups in total. The van der Waals surface area contributed by atoms with E-state index in [4.69, 9.17) is 0 Å². The number of hydrogen-bond acceptors (Lipinski definition) is 2. The summed E-state index contributed by atoms with van der Waals surface area (Å²) >= 11 is 4.67. The van der Waals surface area contributed by atoms with Crippen LogP contribution in [0.1, 0.15) is 6.92 Å². The van der Waals surface area contributed by atoms with Crippen molar-refractivity contribution in [1.29, 1.82) is 0 Å². The molecule has 0 saturated carbocycles. The van der Waals surface area contributed by atoms with Crippen molar-refractivity contribution in [3.63, 3.8) is 0 Å². The average molecular weight is 372 g/mol. The number of carbonyl (C=O) groups is 1. The van der Waals surface area contributed by atoms with Crippen LogP contribution in [0, 0.1) is 11.6 Å². The minimum Gasteiger partial charge on any atom is -0.323 e. The number of benzene rings is 2. The summed E-state index contributed by atoms with van der Waals surface area (Å²) in [5.74, 6) is -1.64. The summed E-state index contributed by atoms with van der Waals surface area (Å²) in [6.45, 7) is 1.71. The highest BCUT2D eigenvalue weighted by atomic mass is 79.9. The predicted molar refractivity (Wildman–Crippen MR) is 84.4 cm³/mol. The molecule has 1 amide bonds. The molecular weight excluding hydrogens is 360 g/mol. The zero-order valence-corrected chi connectivity index (χ0v) is 13.5. The molecule has 2 aromatic rings. The maximum absolute atomic E-state index is 13.5. The van der Waals surface area contributed by atoms with E-state index in [2.05, 4.69) is 21.2 Å². The summed E-state index contributed by atoms with van der Waals surface area (Å²) in [6, 6.07) is 10.5. The molecule has 0 saturated heterocycles. The van der Waals surface area contributed by atoms with Gasteiger partial charge in [-0.3, -0.25) is 4.79 Å². The van der Waals surface area contributed by atoms with E-state index in [1.54, 1.807) is 6.92 Å². The Kier molecular flexibility index (Phi) is 5.36. The second-order valence-electron chi connectivity index (χ2n) is 4.33. The van der Waals surface area contributed by atoms with E-state index in [9.17, 15) is 13.6 Å². The van der Waals surface area contributed by atoms with Gasteiger partial charge in [0.15, 0.2) is 0 Å². The Morgan fingerprint density at radius 2 is 1.86 bits per heavy atom. The molecule has 2 rings (SSSR count). The lowest BCUT2D eigenvalue weighted by Crippen LogP contribution is -2.23. The average Bonchev–Trinajstić information content (AvgIpc) is 2.45. The number of anilines is 1. The molecule has 110 valence electrons. The summed E-state index contributed by atoms with van der Waals surface area (Å²) in [5.41, 5.74) is -0.150. The van der Waals surface area contributed by atoms with Gasteiger partial charge in [0.25, 0.3) is 0 Å². The van der Waals surface area contributed by atoms with Gasteiger partial charge in [0.05, 0.1) is 10.9 Å². The Morgan fingerprint density at radius 1 is 1.19 bits per heavy atom. The van der Waals surface area contributed by atoms with Crippen LogP contribution in [0.3, 0.4) is 0 Å². The molecule has 0 radical (unpaired) electrons. The minimum absolute atomic E-state index is 0.150. The number of carbonyl (C=O) groups excluding carboxylic acids is 1. The molecule has 0 bridgehead atoms. The van der Waals surface area contributed by atoms with Crippen molar-refractivity contribution < 1.29 is 13.6 Å². The summed E-state index contributed by atoms with van der Waals surface area (Å²) in [7, 11) is 0. The number of halogens is 3. The molecule has 0 aliphatic heterocycles. The number of nitrogens with one attached hydrogen (secondary N) is 1. The SMILES string of the molecule is C[C@@H](Sc1ccc(Br)cc1)C(=O)Nc1cc(F)ccc1F. The fraction of sp³-hybridized carbons (Fsp3) is 0.133. The molecule has 1 atom stereocenters. The quantitative estimate of drug-likeness (QED) is 0.778.